The quantitative estimate of drug-likeness (QED) is 0.481. The van der Waals surface area contributed by atoms with E-state index in [2.05, 4.69) is 41.5 Å². The van der Waals surface area contributed by atoms with Gasteiger partial charge in [0.05, 0.1) is 10.8 Å². The maximum absolute atomic E-state index is 9.57. The smallest absolute Gasteiger partial charge is 0.285 e. The summed E-state index contributed by atoms with van der Waals surface area (Å²) < 4.78 is 22.2. The van der Waals surface area contributed by atoms with Crippen molar-refractivity contribution in [3.8, 4) is 11.1 Å². The van der Waals surface area contributed by atoms with E-state index in [4.69, 9.17) is 7.16 Å². The van der Waals surface area contributed by atoms with E-state index >= 15 is 0 Å². The van der Waals surface area contributed by atoms with Crippen LogP contribution in [-0.4, -0.2) is 5.21 Å². The minimum absolute atomic E-state index is 0.122. The summed E-state index contributed by atoms with van der Waals surface area (Å²) in [6.45, 7) is 12.5. The standard InChI is InChI=1S/C18H25NO2/c1-17(2,3)15-11-14(12-16(21-15)18(4,5)6)13-7-9-19(20)10-8-13/h7-12,20H,1-6H3/q+2/i9D,10D. The Balaban J connectivity index is 2.72. The van der Waals surface area contributed by atoms with Gasteiger partial charge in [-0.3, -0.25) is 5.21 Å². The van der Waals surface area contributed by atoms with Crippen molar-refractivity contribution >= 4 is 0 Å². The molecule has 0 aliphatic carbocycles. The first kappa shape index (κ1) is 12.8. The molecule has 0 aliphatic rings. The lowest BCUT2D eigenvalue weighted by molar-refractivity contribution is -0.904. The average Bonchev–Trinajstić information content (AvgIpc) is 2.41. The summed E-state index contributed by atoms with van der Waals surface area (Å²) >= 11 is 0. The monoisotopic (exact) mass is 289 g/mol. The molecule has 112 valence electrons. The number of pyridine rings is 1. The third kappa shape index (κ3) is 3.60. The number of aromatic nitrogens is 1. The van der Waals surface area contributed by atoms with Gasteiger partial charge in [-0.25, -0.2) is 4.42 Å². The van der Waals surface area contributed by atoms with E-state index < -0.39 is 0 Å². The first-order chi connectivity index (χ1) is 10.4. The molecule has 0 radical (unpaired) electrons. The molecule has 0 fully saturated rings. The first-order valence-electron chi connectivity index (χ1n) is 8.11. The SMILES string of the molecule is [2H]c1cc(-c2cc(C(C)(C)C)[o+]c(C(C)(C)C)c2)cc([2H])[n+]1O. The molecule has 21 heavy (non-hydrogen) atoms. The molecule has 0 bridgehead atoms. The second-order valence-electron chi connectivity index (χ2n) is 7.39. The lowest BCUT2D eigenvalue weighted by atomic mass is 9.88. The molecule has 0 aliphatic heterocycles. The first-order valence-corrected chi connectivity index (χ1v) is 7.11. The third-order valence-corrected chi connectivity index (χ3v) is 3.29. The van der Waals surface area contributed by atoms with Crippen molar-refractivity contribution in [2.45, 2.75) is 52.4 Å². The second kappa shape index (κ2) is 5.14. The fraction of sp³-hybridized carbons (Fsp3) is 0.444. The summed E-state index contributed by atoms with van der Waals surface area (Å²) in [6, 6.07) is 6.99. The zero-order valence-corrected chi connectivity index (χ0v) is 13.6. The zero-order chi connectivity index (χ0) is 17.6. The highest BCUT2D eigenvalue weighted by Gasteiger charge is 2.34. The summed E-state index contributed by atoms with van der Waals surface area (Å²) in [5, 5.41) is 9.57. The van der Waals surface area contributed by atoms with Crippen LogP contribution in [0.3, 0.4) is 0 Å². The summed E-state index contributed by atoms with van der Waals surface area (Å²) in [5.74, 6) is 1.69. The molecule has 2 aromatic heterocycles. The largest absolute Gasteiger partial charge is 0.335 e. The molecule has 0 amide bonds. The molecule has 3 nitrogen and oxygen atoms in total. The molecule has 0 aromatic carbocycles. The van der Waals surface area contributed by atoms with Crippen LogP contribution in [0.2, 0.25) is 0 Å². The highest BCUT2D eigenvalue weighted by atomic mass is 16.5. The van der Waals surface area contributed by atoms with Gasteiger partial charge in [0.1, 0.15) is 2.74 Å². The highest BCUT2D eigenvalue weighted by Crippen LogP contribution is 2.33. The van der Waals surface area contributed by atoms with Gasteiger partial charge in [0.15, 0.2) is 0 Å². The van der Waals surface area contributed by atoms with E-state index in [1.807, 2.05) is 12.1 Å². The number of rotatable bonds is 1. The van der Waals surface area contributed by atoms with E-state index in [1.54, 1.807) is 12.1 Å². The van der Waals surface area contributed by atoms with Gasteiger partial charge in [-0.15, -0.1) is 0 Å². The molecule has 2 rings (SSSR count). The Morgan fingerprint density at radius 2 is 1.33 bits per heavy atom. The molecular formula is C18H25NO2+2. The van der Waals surface area contributed by atoms with E-state index in [0.29, 0.717) is 4.73 Å². The van der Waals surface area contributed by atoms with Crippen LogP contribution in [0.25, 0.3) is 11.1 Å². The van der Waals surface area contributed by atoms with Gasteiger partial charge < -0.3 is 0 Å². The summed E-state index contributed by atoms with van der Waals surface area (Å²) in [4.78, 5) is 0. The zero-order valence-electron chi connectivity index (χ0n) is 15.6. The van der Waals surface area contributed by atoms with Crippen LogP contribution in [0.4, 0.5) is 0 Å². The maximum atomic E-state index is 9.57. The predicted octanol–water partition coefficient (Wildman–Crippen LogP) is 4.35. The minimum Gasteiger partial charge on any atom is -0.285 e. The Kier molecular flexibility index (Phi) is 3.13. The number of nitrogens with zero attached hydrogens (tertiary/aromatic N) is 1. The van der Waals surface area contributed by atoms with Gasteiger partial charge in [0.2, 0.25) is 12.3 Å². The van der Waals surface area contributed by atoms with Crippen LogP contribution >= 0.6 is 0 Å². The lowest BCUT2D eigenvalue weighted by Crippen LogP contribution is -2.27. The molecule has 0 atom stereocenters. The van der Waals surface area contributed by atoms with Crippen LogP contribution in [-0.2, 0) is 10.8 Å². The van der Waals surface area contributed by atoms with Crippen molar-refractivity contribution in [1.82, 2.24) is 0 Å². The molecule has 0 spiro atoms. The fourth-order valence-corrected chi connectivity index (χ4v) is 1.91. The molecule has 3 heteroatoms. The van der Waals surface area contributed by atoms with Crippen LogP contribution in [0.15, 0.2) is 41.0 Å². The Morgan fingerprint density at radius 1 is 0.905 bits per heavy atom. The summed E-state index contributed by atoms with van der Waals surface area (Å²) in [6.07, 6.45) is -0.245. The van der Waals surface area contributed by atoms with Crippen LogP contribution < -0.4 is 4.73 Å². The van der Waals surface area contributed by atoms with Crippen molar-refractivity contribution in [1.29, 1.82) is 0 Å². The van der Waals surface area contributed by atoms with Gasteiger partial charge in [-0.1, -0.05) is 0 Å². The van der Waals surface area contributed by atoms with Crippen molar-refractivity contribution in [2.75, 3.05) is 0 Å². The van der Waals surface area contributed by atoms with Gasteiger partial charge in [0.25, 0.3) is 0 Å². The fourth-order valence-electron chi connectivity index (χ4n) is 1.91. The van der Waals surface area contributed by atoms with Crippen molar-refractivity contribution < 1.29 is 17.1 Å². The van der Waals surface area contributed by atoms with E-state index in [1.165, 1.54) is 0 Å². The van der Waals surface area contributed by atoms with Crippen molar-refractivity contribution in [3.63, 3.8) is 0 Å². The van der Waals surface area contributed by atoms with E-state index in [-0.39, 0.29) is 23.2 Å². The number of hydrogen-bond donors (Lipinski definition) is 1. The predicted molar refractivity (Wildman–Crippen MR) is 83.3 cm³/mol. The molecule has 0 saturated carbocycles. The van der Waals surface area contributed by atoms with E-state index in [0.717, 1.165) is 22.6 Å². The van der Waals surface area contributed by atoms with Gasteiger partial charge in [-0.2, -0.15) is 0 Å². The van der Waals surface area contributed by atoms with Crippen LogP contribution in [0, 0.1) is 0 Å². The van der Waals surface area contributed by atoms with Crippen LogP contribution in [0.1, 0.15) is 55.8 Å². The lowest BCUT2D eigenvalue weighted by Gasteiger charge is -2.14. The van der Waals surface area contributed by atoms with Crippen molar-refractivity contribution in [3.05, 3.63) is 48.1 Å². The van der Waals surface area contributed by atoms with E-state index in [9.17, 15) is 5.21 Å². The Bertz CT molecular complexity index is 688. The number of hydrogen-bond acceptors (Lipinski definition) is 1. The normalized spacial score (nSPS) is 13.8. The molecule has 1 N–H and O–H groups in total. The Hall–Kier alpha value is -1.90. The molecule has 2 heterocycles. The summed E-state index contributed by atoms with van der Waals surface area (Å²) in [5.41, 5.74) is 1.29. The highest BCUT2D eigenvalue weighted by molar-refractivity contribution is 5.63. The van der Waals surface area contributed by atoms with Crippen molar-refractivity contribution in [2.24, 2.45) is 0 Å². The maximum Gasteiger partial charge on any atom is 0.335 e. The van der Waals surface area contributed by atoms with Gasteiger partial charge in [-0.05, 0) is 47.1 Å². The molecule has 2 aromatic rings. The molecular weight excluding hydrogens is 262 g/mol. The van der Waals surface area contributed by atoms with Gasteiger partial charge >= 0.3 is 11.5 Å². The Labute approximate surface area is 129 Å². The molecule has 0 saturated heterocycles. The Morgan fingerprint density at radius 3 is 1.71 bits per heavy atom. The molecule has 0 unspecified atom stereocenters. The van der Waals surface area contributed by atoms with Gasteiger partial charge in [0, 0.05) is 34.6 Å². The third-order valence-electron chi connectivity index (χ3n) is 3.29. The van der Waals surface area contributed by atoms with Crippen LogP contribution in [0.5, 0.6) is 0 Å². The minimum atomic E-state index is -0.157. The summed E-state index contributed by atoms with van der Waals surface area (Å²) in [7, 11) is 0. The average molecular weight is 289 g/mol. The second-order valence-corrected chi connectivity index (χ2v) is 7.39. The topological polar surface area (TPSA) is 35.4 Å².